The molecular formula is C15H21IN4OS. The molecule has 0 saturated carbocycles. The molecule has 0 fully saturated rings. The lowest BCUT2D eigenvalue weighted by molar-refractivity contribution is 0.415. The van der Waals surface area contributed by atoms with E-state index in [9.17, 15) is 0 Å². The van der Waals surface area contributed by atoms with E-state index in [-0.39, 0.29) is 24.0 Å². The number of halogens is 1. The number of aromatic nitrogens is 1. The highest BCUT2D eigenvalue weighted by molar-refractivity contribution is 14.0. The Hall–Kier alpha value is -1.35. The Kier molecular flexibility index (Phi) is 8.18. The molecule has 120 valence electrons. The number of ether oxygens (including phenoxy) is 1. The van der Waals surface area contributed by atoms with E-state index in [1.165, 1.54) is 0 Å². The van der Waals surface area contributed by atoms with Gasteiger partial charge >= 0.3 is 0 Å². The number of hydrogen-bond donors (Lipinski definition) is 2. The van der Waals surface area contributed by atoms with Crippen molar-refractivity contribution in [3.8, 4) is 5.75 Å². The van der Waals surface area contributed by atoms with Crippen molar-refractivity contribution in [2.75, 3.05) is 19.0 Å². The largest absolute Gasteiger partial charge is 0.497 e. The van der Waals surface area contributed by atoms with E-state index in [0.29, 0.717) is 12.5 Å². The molecule has 2 aromatic rings. The van der Waals surface area contributed by atoms with E-state index in [1.54, 1.807) is 18.4 Å². The van der Waals surface area contributed by atoms with Crippen molar-refractivity contribution in [1.29, 1.82) is 0 Å². The molecule has 5 nitrogen and oxygen atoms in total. The topological polar surface area (TPSA) is 72.5 Å². The summed E-state index contributed by atoms with van der Waals surface area (Å²) in [6.45, 7) is 2.70. The summed E-state index contributed by atoms with van der Waals surface area (Å²) in [7, 11) is 1.64. The monoisotopic (exact) mass is 432 g/mol. The van der Waals surface area contributed by atoms with Crippen molar-refractivity contribution in [2.45, 2.75) is 19.8 Å². The lowest BCUT2D eigenvalue weighted by Gasteiger charge is -2.06. The van der Waals surface area contributed by atoms with E-state index < -0.39 is 0 Å². The molecule has 0 radical (unpaired) electrons. The summed E-state index contributed by atoms with van der Waals surface area (Å²) in [5, 5.41) is 6.28. The van der Waals surface area contributed by atoms with Crippen molar-refractivity contribution in [1.82, 2.24) is 4.98 Å². The van der Waals surface area contributed by atoms with Crippen LogP contribution < -0.4 is 15.8 Å². The van der Waals surface area contributed by atoms with Gasteiger partial charge in [0, 0.05) is 29.7 Å². The number of rotatable bonds is 6. The number of guanidine groups is 1. The molecule has 7 heteroatoms. The Morgan fingerprint density at radius 1 is 1.36 bits per heavy atom. The predicted octanol–water partition coefficient (Wildman–Crippen LogP) is 3.44. The minimum Gasteiger partial charge on any atom is -0.497 e. The summed E-state index contributed by atoms with van der Waals surface area (Å²) in [5.74, 6) is 1.24. The molecule has 0 atom stereocenters. The molecule has 0 unspecified atom stereocenters. The Morgan fingerprint density at radius 2 is 2.09 bits per heavy atom. The molecule has 0 spiro atoms. The number of nitrogens with two attached hydrogens (primary N) is 1. The van der Waals surface area contributed by atoms with Crippen LogP contribution in [-0.4, -0.2) is 24.6 Å². The molecule has 22 heavy (non-hydrogen) atoms. The fourth-order valence-corrected chi connectivity index (χ4v) is 2.63. The van der Waals surface area contributed by atoms with Gasteiger partial charge < -0.3 is 15.8 Å². The normalized spacial score (nSPS) is 10.9. The van der Waals surface area contributed by atoms with Crippen LogP contribution in [0.25, 0.3) is 0 Å². The average Bonchev–Trinajstić information content (AvgIpc) is 2.90. The van der Waals surface area contributed by atoms with Gasteiger partial charge in [0.2, 0.25) is 0 Å². The number of hydrogen-bond acceptors (Lipinski definition) is 4. The van der Waals surface area contributed by atoms with Crippen molar-refractivity contribution >= 4 is 47.0 Å². The minimum absolute atomic E-state index is 0. The van der Waals surface area contributed by atoms with Crippen LogP contribution in [0, 0.1) is 6.92 Å². The lowest BCUT2D eigenvalue weighted by atomic mass is 10.3. The van der Waals surface area contributed by atoms with Gasteiger partial charge in [0.1, 0.15) is 5.75 Å². The molecule has 0 bridgehead atoms. The first-order chi connectivity index (χ1) is 10.2. The van der Waals surface area contributed by atoms with Crippen LogP contribution >= 0.6 is 35.3 Å². The zero-order chi connectivity index (χ0) is 15.1. The Labute approximate surface area is 152 Å². The van der Waals surface area contributed by atoms with Crippen LogP contribution in [0.2, 0.25) is 0 Å². The van der Waals surface area contributed by atoms with Gasteiger partial charge in [-0.3, -0.25) is 4.99 Å². The summed E-state index contributed by atoms with van der Waals surface area (Å²) in [4.78, 5) is 8.74. The van der Waals surface area contributed by atoms with Crippen LogP contribution in [0.4, 0.5) is 5.69 Å². The Bertz CT molecular complexity index is 598. The third kappa shape index (κ3) is 6.18. The molecule has 3 N–H and O–H groups in total. The van der Waals surface area contributed by atoms with Crippen LogP contribution in [0.5, 0.6) is 5.75 Å². The van der Waals surface area contributed by atoms with Gasteiger partial charge in [0.15, 0.2) is 5.96 Å². The van der Waals surface area contributed by atoms with Crippen LogP contribution in [0.15, 0.2) is 34.6 Å². The number of benzene rings is 1. The maximum Gasteiger partial charge on any atom is 0.193 e. The quantitative estimate of drug-likeness (QED) is 0.318. The third-order valence-electron chi connectivity index (χ3n) is 2.86. The number of thiazole rings is 1. The first-order valence-corrected chi connectivity index (χ1v) is 7.67. The maximum absolute atomic E-state index is 5.85. The highest BCUT2D eigenvalue weighted by atomic mass is 127. The molecule has 0 amide bonds. The zero-order valence-corrected chi connectivity index (χ0v) is 15.9. The lowest BCUT2D eigenvalue weighted by Crippen LogP contribution is -2.22. The first kappa shape index (κ1) is 18.7. The predicted molar refractivity (Wildman–Crippen MR) is 104 cm³/mol. The zero-order valence-electron chi connectivity index (χ0n) is 12.7. The molecule has 1 aromatic carbocycles. The number of methoxy groups -OCH3 is 1. The van der Waals surface area contributed by atoms with Gasteiger partial charge in [-0.15, -0.1) is 35.3 Å². The van der Waals surface area contributed by atoms with Gasteiger partial charge in [0.05, 0.1) is 12.1 Å². The second-order valence-electron chi connectivity index (χ2n) is 4.61. The Balaban J connectivity index is 0.00000242. The number of anilines is 1. The summed E-state index contributed by atoms with van der Waals surface area (Å²) < 4.78 is 5.10. The van der Waals surface area contributed by atoms with Gasteiger partial charge in [0.25, 0.3) is 0 Å². The minimum atomic E-state index is 0. The second kappa shape index (κ2) is 9.62. The highest BCUT2D eigenvalue weighted by Crippen LogP contribution is 2.14. The number of nitrogens with zero attached hydrogens (tertiary/aromatic N) is 2. The summed E-state index contributed by atoms with van der Waals surface area (Å²) in [5.41, 5.74) is 7.83. The van der Waals surface area contributed by atoms with E-state index in [1.807, 2.05) is 31.2 Å². The second-order valence-corrected chi connectivity index (χ2v) is 5.55. The van der Waals surface area contributed by atoms with E-state index in [0.717, 1.165) is 35.0 Å². The highest BCUT2D eigenvalue weighted by Gasteiger charge is 1.99. The summed E-state index contributed by atoms with van der Waals surface area (Å²) >= 11 is 1.70. The number of aryl methyl sites for hydroxylation is 2. The molecule has 2 rings (SSSR count). The van der Waals surface area contributed by atoms with E-state index >= 15 is 0 Å². The van der Waals surface area contributed by atoms with E-state index in [2.05, 4.69) is 20.7 Å². The van der Waals surface area contributed by atoms with Crippen LogP contribution in [0.1, 0.15) is 17.1 Å². The standard InChI is InChI=1S/C15H20N4OS.HI/c1-11-10-21-14(18-11)4-3-9-17-15(16)19-12-5-7-13(20-2)8-6-12;/h5-8,10H,3-4,9H2,1-2H3,(H3,16,17,19);1H. The van der Waals surface area contributed by atoms with Crippen molar-refractivity contribution in [2.24, 2.45) is 10.7 Å². The fourth-order valence-electron chi connectivity index (χ4n) is 1.81. The van der Waals surface area contributed by atoms with Gasteiger partial charge in [-0.2, -0.15) is 0 Å². The van der Waals surface area contributed by atoms with Gasteiger partial charge in [-0.1, -0.05) is 0 Å². The molecule has 0 aliphatic rings. The fraction of sp³-hybridized carbons (Fsp3) is 0.333. The smallest absolute Gasteiger partial charge is 0.193 e. The van der Waals surface area contributed by atoms with Crippen molar-refractivity contribution < 1.29 is 4.74 Å². The Morgan fingerprint density at radius 3 is 2.68 bits per heavy atom. The van der Waals surface area contributed by atoms with Gasteiger partial charge in [-0.25, -0.2) is 4.98 Å². The molecule has 1 aromatic heterocycles. The van der Waals surface area contributed by atoms with Crippen LogP contribution in [0.3, 0.4) is 0 Å². The maximum atomic E-state index is 5.85. The number of nitrogens with one attached hydrogen (secondary N) is 1. The molecular weight excluding hydrogens is 411 g/mol. The molecule has 0 aliphatic carbocycles. The first-order valence-electron chi connectivity index (χ1n) is 6.79. The molecule has 1 heterocycles. The van der Waals surface area contributed by atoms with E-state index in [4.69, 9.17) is 10.5 Å². The van der Waals surface area contributed by atoms with Crippen LogP contribution in [-0.2, 0) is 6.42 Å². The summed E-state index contributed by atoms with van der Waals surface area (Å²) in [6, 6.07) is 7.56. The molecule has 0 saturated heterocycles. The van der Waals surface area contributed by atoms with Gasteiger partial charge in [-0.05, 0) is 37.6 Å². The SMILES string of the molecule is COc1ccc(NC(N)=NCCCc2nc(C)cs2)cc1.I. The third-order valence-corrected chi connectivity index (χ3v) is 3.89. The number of aliphatic imine (C=N–C) groups is 1. The molecule has 0 aliphatic heterocycles. The van der Waals surface area contributed by atoms with Crippen molar-refractivity contribution in [3.63, 3.8) is 0 Å². The average molecular weight is 432 g/mol. The summed E-state index contributed by atoms with van der Waals surface area (Å²) in [6.07, 6.45) is 1.88. The van der Waals surface area contributed by atoms with Crippen molar-refractivity contribution in [3.05, 3.63) is 40.3 Å².